The van der Waals surface area contributed by atoms with Crippen LogP contribution in [-0.2, 0) is 0 Å². The van der Waals surface area contributed by atoms with Gasteiger partial charge in [-0.25, -0.2) is 19.7 Å². The second-order valence-corrected chi connectivity index (χ2v) is 10.9. The molecule has 0 saturated carbocycles. The number of hydrogen-bond donors (Lipinski definition) is 2. The predicted molar refractivity (Wildman–Crippen MR) is 168 cm³/mol. The van der Waals surface area contributed by atoms with Crippen LogP contribution in [0.2, 0.25) is 0 Å². The first kappa shape index (κ1) is 26.6. The summed E-state index contributed by atoms with van der Waals surface area (Å²) in [5, 5.41) is 9.63. The Morgan fingerprint density at radius 1 is 0.884 bits per heavy atom. The maximum absolute atomic E-state index is 11.7. The van der Waals surface area contributed by atoms with Crippen LogP contribution in [0.25, 0.3) is 39.5 Å². The van der Waals surface area contributed by atoms with Gasteiger partial charge in [0.1, 0.15) is 11.3 Å². The lowest BCUT2D eigenvalue weighted by Crippen LogP contribution is -2.46. The number of carbonyl (C=O) groups is 1. The molecule has 6 aromatic rings. The Hall–Kier alpha value is -5.34. The molecule has 0 bridgehead atoms. The van der Waals surface area contributed by atoms with Crippen LogP contribution in [0, 0.1) is 0 Å². The summed E-state index contributed by atoms with van der Waals surface area (Å²) >= 11 is 0. The summed E-state index contributed by atoms with van der Waals surface area (Å²) < 4.78 is 2.05. The molecule has 0 unspecified atom stereocenters. The molecule has 43 heavy (non-hydrogen) atoms. The third-order valence-electron chi connectivity index (χ3n) is 8.37. The molecule has 0 amide bonds. The maximum Gasteiger partial charge on any atom is 0.336 e. The number of hydrogen-bond acceptors (Lipinski definition) is 6. The predicted octanol–water partition coefficient (Wildman–Crippen LogP) is 6.59. The van der Waals surface area contributed by atoms with E-state index in [-0.39, 0.29) is 6.04 Å². The normalized spacial score (nSPS) is 14.4. The van der Waals surface area contributed by atoms with Gasteiger partial charge >= 0.3 is 5.97 Å². The molecule has 1 aliphatic rings. The van der Waals surface area contributed by atoms with Crippen molar-refractivity contribution in [2.24, 2.45) is 0 Å². The van der Waals surface area contributed by atoms with Crippen LogP contribution in [-0.4, -0.2) is 48.6 Å². The molecule has 7 rings (SSSR count). The third-order valence-corrected chi connectivity index (χ3v) is 8.37. The monoisotopic (exact) mass is 566 g/mol. The van der Waals surface area contributed by atoms with E-state index in [1.165, 1.54) is 5.56 Å². The summed E-state index contributed by atoms with van der Waals surface area (Å²) in [6, 6.07) is 33.7. The van der Waals surface area contributed by atoms with Gasteiger partial charge in [-0.1, -0.05) is 60.7 Å². The topological polar surface area (TPSA) is 110 Å². The number of carboxylic acid groups (broad SMARTS) is 1. The van der Waals surface area contributed by atoms with Gasteiger partial charge in [0.05, 0.1) is 16.8 Å². The molecule has 0 radical (unpaired) electrons. The molecule has 212 valence electrons. The lowest BCUT2D eigenvalue weighted by molar-refractivity contribution is 0.0683. The third kappa shape index (κ3) is 4.81. The number of nitrogens with zero attached hydrogens (tertiary/aromatic N) is 5. The van der Waals surface area contributed by atoms with Gasteiger partial charge in [0.15, 0.2) is 11.5 Å². The van der Waals surface area contributed by atoms with Crippen LogP contribution >= 0.6 is 0 Å². The molecule has 1 atom stereocenters. The van der Waals surface area contributed by atoms with Crippen molar-refractivity contribution in [1.82, 2.24) is 24.4 Å². The van der Waals surface area contributed by atoms with Gasteiger partial charge in [-0.05, 0) is 60.5 Å². The van der Waals surface area contributed by atoms with Crippen molar-refractivity contribution < 1.29 is 9.90 Å². The maximum atomic E-state index is 11.7. The van der Waals surface area contributed by atoms with Crippen molar-refractivity contribution in [3.05, 3.63) is 126 Å². The van der Waals surface area contributed by atoms with Gasteiger partial charge in [0, 0.05) is 42.5 Å². The molecule has 8 nitrogen and oxygen atoms in total. The summed E-state index contributed by atoms with van der Waals surface area (Å²) in [5.74, 6) is 0.572. The number of likely N-dealkylation sites (tertiary alicyclic amines) is 1. The van der Waals surface area contributed by atoms with E-state index in [2.05, 4.69) is 45.6 Å². The van der Waals surface area contributed by atoms with Gasteiger partial charge in [-0.2, -0.15) is 0 Å². The number of aromatic carboxylic acids is 1. The number of pyridine rings is 2. The lowest BCUT2D eigenvalue weighted by Gasteiger charge is -2.44. The van der Waals surface area contributed by atoms with E-state index in [1.54, 1.807) is 18.3 Å². The van der Waals surface area contributed by atoms with E-state index in [0.29, 0.717) is 23.1 Å². The Kier molecular flexibility index (Phi) is 6.68. The number of imidazole rings is 1. The summed E-state index contributed by atoms with van der Waals surface area (Å²) in [7, 11) is 0. The zero-order valence-corrected chi connectivity index (χ0v) is 23.6. The first-order chi connectivity index (χ1) is 21.0. The van der Waals surface area contributed by atoms with E-state index in [4.69, 9.17) is 15.7 Å². The van der Waals surface area contributed by atoms with E-state index in [9.17, 15) is 9.90 Å². The first-order valence-electron chi connectivity index (χ1n) is 14.3. The van der Waals surface area contributed by atoms with Crippen LogP contribution < -0.4 is 5.73 Å². The summed E-state index contributed by atoms with van der Waals surface area (Å²) in [6.07, 6.45) is 1.68. The van der Waals surface area contributed by atoms with Crippen molar-refractivity contribution in [3.63, 3.8) is 0 Å². The number of aromatic nitrogens is 4. The first-order valence-corrected chi connectivity index (χ1v) is 14.3. The van der Waals surface area contributed by atoms with Gasteiger partial charge in [0.2, 0.25) is 0 Å². The summed E-state index contributed by atoms with van der Waals surface area (Å²) in [5.41, 5.74) is 13.9. The van der Waals surface area contributed by atoms with E-state index in [0.717, 1.165) is 52.3 Å². The molecule has 3 aromatic carbocycles. The number of benzene rings is 3. The summed E-state index contributed by atoms with van der Waals surface area (Å²) in [4.78, 5) is 28.4. The van der Waals surface area contributed by atoms with Crippen molar-refractivity contribution in [3.8, 4) is 28.3 Å². The highest BCUT2D eigenvalue weighted by molar-refractivity contribution is 5.89. The van der Waals surface area contributed by atoms with Crippen LogP contribution in [0.1, 0.15) is 40.4 Å². The molecular formula is C35H30N6O2. The fourth-order valence-corrected chi connectivity index (χ4v) is 5.95. The van der Waals surface area contributed by atoms with Gasteiger partial charge in [-0.3, -0.25) is 9.47 Å². The molecule has 1 aliphatic heterocycles. The minimum atomic E-state index is -0.889. The average Bonchev–Trinajstić information content (AvgIpc) is 3.40. The van der Waals surface area contributed by atoms with Crippen LogP contribution in [0.3, 0.4) is 0 Å². The molecule has 1 saturated heterocycles. The second kappa shape index (κ2) is 10.8. The quantitative estimate of drug-likeness (QED) is 0.224. The Labute approximate surface area is 249 Å². The van der Waals surface area contributed by atoms with Gasteiger partial charge in [-0.15, -0.1) is 0 Å². The van der Waals surface area contributed by atoms with Crippen molar-refractivity contribution in [2.45, 2.75) is 18.9 Å². The average molecular weight is 567 g/mol. The molecule has 0 spiro atoms. The van der Waals surface area contributed by atoms with Crippen molar-refractivity contribution in [1.29, 1.82) is 0 Å². The summed E-state index contributed by atoms with van der Waals surface area (Å²) in [6.45, 7) is 3.80. The Morgan fingerprint density at radius 3 is 2.37 bits per heavy atom. The molecule has 0 aliphatic carbocycles. The van der Waals surface area contributed by atoms with Crippen LogP contribution in [0.5, 0.6) is 0 Å². The van der Waals surface area contributed by atoms with Crippen molar-refractivity contribution >= 4 is 23.0 Å². The number of nitrogens with two attached hydrogens (primary N) is 1. The zero-order valence-electron chi connectivity index (χ0n) is 23.6. The van der Waals surface area contributed by atoms with Gasteiger partial charge < -0.3 is 10.8 Å². The fraction of sp³-hybridized carbons (Fsp3) is 0.143. The lowest BCUT2D eigenvalue weighted by atomic mass is 9.88. The Bertz CT molecular complexity index is 1950. The number of anilines is 1. The van der Waals surface area contributed by atoms with E-state index < -0.39 is 5.97 Å². The Balaban J connectivity index is 1.21. The number of fused-ring (bicyclic) bond motifs is 1. The van der Waals surface area contributed by atoms with E-state index >= 15 is 0 Å². The molecule has 8 heteroatoms. The minimum Gasteiger partial charge on any atom is -0.478 e. The highest BCUT2D eigenvalue weighted by Crippen LogP contribution is 2.37. The second-order valence-electron chi connectivity index (χ2n) is 10.9. The molecule has 3 N–H and O–H groups in total. The molecule has 4 heterocycles. The number of rotatable bonds is 7. The number of carboxylic acids is 1. The fourth-order valence-electron chi connectivity index (χ4n) is 5.95. The minimum absolute atomic E-state index is 0.0255. The molecule has 3 aromatic heterocycles. The largest absolute Gasteiger partial charge is 0.478 e. The molecule has 1 fully saturated rings. The van der Waals surface area contributed by atoms with Gasteiger partial charge in [0.25, 0.3) is 0 Å². The highest BCUT2D eigenvalue weighted by Gasteiger charge is 2.33. The Morgan fingerprint density at radius 2 is 1.63 bits per heavy atom. The van der Waals surface area contributed by atoms with Crippen molar-refractivity contribution in [2.75, 3.05) is 18.8 Å². The van der Waals surface area contributed by atoms with Crippen LogP contribution in [0.4, 0.5) is 5.82 Å². The van der Waals surface area contributed by atoms with Crippen LogP contribution in [0.15, 0.2) is 109 Å². The highest BCUT2D eigenvalue weighted by atomic mass is 16.4. The zero-order chi connectivity index (χ0) is 29.5. The molecular weight excluding hydrogens is 536 g/mol. The standard InChI is InChI=1S/C35H30N6O2/c1-22(27-10-5-6-11-28(27)35(42)43)40-20-25(21-40)23-13-15-26(16-14-23)41-33(29-12-7-19-37-32(29)36)39-31-18-17-30(38-34(31)41)24-8-3-2-4-9-24/h2-19,22,25H,20-21H2,1H3,(H2,36,37)(H,42,43)/t22-/m0/s1. The smallest absolute Gasteiger partial charge is 0.336 e. The SMILES string of the molecule is C[C@@H](c1ccccc1C(=O)O)N1CC(c2ccc(-n3c(-c4cccnc4N)nc4ccc(-c5ccccc5)nc43)cc2)C1. The van der Waals surface area contributed by atoms with E-state index in [1.807, 2.05) is 66.7 Å². The number of nitrogen functional groups attached to an aromatic ring is 1.